The van der Waals surface area contributed by atoms with E-state index in [-0.39, 0.29) is 15.8 Å². The summed E-state index contributed by atoms with van der Waals surface area (Å²) in [5.74, 6) is 1.14. The third kappa shape index (κ3) is 6.52. The molecular weight excluding hydrogens is 522 g/mol. The van der Waals surface area contributed by atoms with Crippen LogP contribution >= 0.6 is 15.8 Å². The Bertz CT molecular complexity index is 1020. The van der Waals surface area contributed by atoms with Gasteiger partial charge in [0.15, 0.2) is 0 Å². The summed E-state index contributed by atoms with van der Waals surface area (Å²) in [5, 5.41) is 3.45. The molecule has 4 aliphatic rings. The first-order chi connectivity index (χ1) is 19.8. The van der Waals surface area contributed by atoms with Crippen molar-refractivity contribution in [3.8, 4) is 16.9 Å². The van der Waals surface area contributed by atoms with Crippen molar-refractivity contribution < 1.29 is 4.74 Å². The Morgan fingerprint density at radius 2 is 0.875 bits per heavy atom. The van der Waals surface area contributed by atoms with Crippen LogP contribution in [0.4, 0.5) is 0 Å². The van der Waals surface area contributed by atoms with Gasteiger partial charge < -0.3 is 4.74 Å². The number of benzene rings is 2. The predicted octanol–water partition coefficient (Wildman–Crippen LogP) is 10.9. The Morgan fingerprint density at radius 1 is 0.475 bits per heavy atom. The minimum Gasteiger partial charge on any atom is -0.496 e. The van der Waals surface area contributed by atoms with Gasteiger partial charge in [0.2, 0.25) is 0 Å². The molecule has 0 saturated heterocycles. The third-order valence-corrected chi connectivity index (χ3v) is 17.9. The van der Waals surface area contributed by atoms with Crippen molar-refractivity contribution in [1.29, 1.82) is 0 Å². The summed E-state index contributed by atoms with van der Waals surface area (Å²) in [7, 11) is 1.58. The maximum absolute atomic E-state index is 6.31. The molecule has 3 heteroatoms. The normalized spacial score (nSPS) is 22.7. The van der Waals surface area contributed by atoms with Crippen LogP contribution in [0.15, 0.2) is 42.5 Å². The quantitative estimate of drug-likeness (QED) is 0.284. The second-order valence-corrected chi connectivity index (χ2v) is 18.9. The van der Waals surface area contributed by atoms with Crippen LogP contribution in [0.25, 0.3) is 11.1 Å². The summed E-state index contributed by atoms with van der Waals surface area (Å²) in [4.78, 5) is 0. The van der Waals surface area contributed by atoms with Gasteiger partial charge in [0.25, 0.3) is 0 Å². The smallest absolute Gasteiger partial charge is 0.127 e. The van der Waals surface area contributed by atoms with Gasteiger partial charge in [-0.15, -0.1) is 0 Å². The Balaban J connectivity index is 1.48. The van der Waals surface area contributed by atoms with Crippen molar-refractivity contribution in [3.63, 3.8) is 0 Å². The lowest BCUT2D eigenvalue weighted by Gasteiger charge is -2.41. The summed E-state index contributed by atoms with van der Waals surface area (Å²) in [6.45, 7) is 0. The molecule has 2 aromatic rings. The fourth-order valence-corrected chi connectivity index (χ4v) is 16.8. The first-order valence-electron chi connectivity index (χ1n) is 17.2. The van der Waals surface area contributed by atoms with Crippen molar-refractivity contribution in [2.45, 2.75) is 151 Å². The predicted molar refractivity (Wildman–Crippen MR) is 179 cm³/mol. The molecule has 0 atom stereocenters. The van der Waals surface area contributed by atoms with E-state index in [1.807, 2.05) is 7.11 Å². The van der Waals surface area contributed by atoms with Gasteiger partial charge in [0.05, 0.1) is 7.11 Å². The first kappa shape index (κ1) is 29.2. The molecule has 4 fully saturated rings. The molecule has 0 amide bonds. The molecule has 4 saturated carbocycles. The van der Waals surface area contributed by atoms with Gasteiger partial charge in [-0.3, -0.25) is 0 Å². The topological polar surface area (TPSA) is 9.23 Å². The van der Waals surface area contributed by atoms with Gasteiger partial charge in [-0.05, 0) is 96.2 Å². The molecule has 4 aliphatic carbocycles. The van der Waals surface area contributed by atoms with Crippen LogP contribution in [0, 0.1) is 0 Å². The first-order valence-corrected chi connectivity index (χ1v) is 20.1. The molecule has 0 radical (unpaired) electrons. The molecule has 1 nitrogen and oxygen atoms in total. The van der Waals surface area contributed by atoms with Crippen molar-refractivity contribution in [3.05, 3.63) is 42.5 Å². The lowest BCUT2D eigenvalue weighted by Crippen LogP contribution is -2.29. The van der Waals surface area contributed by atoms with E-state index >= 15 is 0 Å². The van der Waals surface area contributed by atoms with Crippen molar-refractivity contribution >= 4 is 26.5 Å². The Labute approximate surface area is 248 Å². The van der Waals surface area contributed by atoms with E-state index in [4.69, 9.17) is 4.74 Å². The molecule has 0 spiro atoms. The standard InChI is InChI=1S/C37H54OP2/c1-38-34-26-16-28-36(40(31-21-10-4-11-22-31)32-23-12-5-13-24-32)37(34)33-25-14-15-27-35(33)39(29-17-6-2-7-18-29)30-19-8-3-9-20-30/h14-16,25-32H,2-13,17-24H2,1H3. The number of hydrogen-bond donors (Lipinski definition) is 0. The largest absolute Gasteiger partial charge is 0.496 e. The molecule has 0 aromatic heterocycles. The number of ether oxygens (including phenoxy) is 1. The van der Waals surface area contributed by atoms with Gasteiger partial charge in [0, 0.05) is 5.56 Å². The third-order valence-electron chi connectivity index (χ3n) is 10.8. The molecule has 218 valence electrons. The summed E-state index contributed by atoms with van der Waals surface area (Å²) in [5.41, 5.74) is 6.73. The van der Waals surface area contributed by atoms with Crippen LogP contribution in [-0.2, 0) is 0 Å². The summed E-state index contributed by atoms with van der Waals surface area (Å²) in [6.07, 6.45) is 29.1. The second kappa shape index (κ2) is 14.5. The zero-order chi connectivity index (χ0) is 27.1. The number of rotatable bonds is 8. The van der Waals surface area contributed by atoms with Crippen molar-refractivity contribution in [2.75, 3.05) is 7.11 Å². The zero-order valence-corrected chi connectivity index (χ0v) is 27.1. The van der Waals surface area contributed by atoms with E-state index in [2.05, 4.69) is 42.5 Å². The summed E-state index contributed by atoms with van der Waals surface area (Å²) < 4.78 is 6.31. The molecule has 0 unspecified atom stereocenters. The fraction of sp³-hybridized carbons (Fsp3) is 0.676. The number of hydrogen-bond acceptors (Lipinski definition) is 1. The molecule has 6 rings (SSSR count). The van der Waals surface area contributed by atoms with E-state index < -0.39 is 0 Å². The monoisotopic (exact) mass is 576 g/mol. The van der Waals surface area contributed by atoms with Gasteiger partial charge >= 0.3 is 0 Å². The molecule has 0 N–H and O–H groups in total. The molecule has 40 heavy (non-hydrogen) atoms. The Morgan fingerprint density at radius 3 is 1.32 bits per heavy atom. The van der Waals surface area contributed by atoms with Gasteiger partial charge in [0.1, 0.15) is 5.75 Å². The van der Waals surface area contributed by atoms with E-state index in [9.17, 15) is 0 Å². The summed E-state index contributed by atoms with van der Waals surface area (Å²) >= 11 is 0. The minimum atomic E-state index is -0.192. The molecule has 0 aliphatic heterocycles. The molecular formula is C37H54OP2. The van der Waals surface area contributed by atoms with Crippen LogP contribution in [0.1, 0.15) is 128 Å². The zero-order valence-electron chi connectivity index (χ0n) is 25.3. The average molecular weight is 577 g/mol. The molecule has 0 heterocycles. The number of methoxy groups -OCH3 is 1. The maximum Gasteiger partial charge on any atom is 0.127 e. The lowest BCUT2D eigenvalue weighted by atomic mass is 9.99. The van der Waals surface area contributed by atoms with E-state index in [0.29, 0.717) is 0 Å². The van der Waals surface area contributed by atoms with Crippen LogP contribution in [0.5, 0.6) is 5.75 Å². The van der Waals surface area contributed by atoms with Crippen molar-refractivity contribution in [1.82, 2.24) is 0 Å². The van der Waals surface area contributed by atoms with E-state index in [0.717, 1.165) is 28.4 Å². The molecule has 2 aromatic carbocycles. The van der Waals surface area contributed by atoms with E-state index in [1.54, 1.807) is 16.2 Å². The lowest BCUT2D eigenvalue weighted by molar-refractivity contribution is 0.417. The van der Waals surface area contributed by atoms with Crippen LogP contribution in [0.2, 0.25) is 0 Å². The maximum atomic E-state index is 6.31. The van der Waals surface area contributed by atoms with Gasteiger partial charge in [-0.1, -0.05) is 129 Å². The fourth-order valence-electron chi connectivity index (χ4n) is 8.91. The highest BCUT2D eigenvalue weighted by atomic mass is 31.1. The van der Waals surface area contributed by atoms with Crippen LogP contribution < -0.4 is 15.3 Å². The Kier molecular flexibility index (Phi) is 10.6. The van der Waals surface area contributed by atoms with Crippen LogP contribution in [-0.4, -0.2) is 29.7 Å². The highest BCUT2D eigenvalue weighted by molar-refractivity contribution is 7.68. The van der Waals surface area contributed by atoms with Crippen molar-refractivity contribution in [2.24, 2.45) is 0 Å². The van der Waals surface area contributed by atoms with Crippen LogP contribution in [0.3, 0.4) is 0 Å². The average Bonchev–Trinajstić information content (AvgIpc) is 3.04. The highest BCUT2D eigenvalue weighted by Crippen LogP contribution is 2.59. The SMILES string of the molecule is COc1cccc(P(C2CCCCC2)C2CCCCC2)c1-c1ccccc1P(C1CCCCC1)C1CCCCC1. The van der Waals surface area contributed by atoms with Gasteiger partial charge in [-0.25, -0.2) is 0 Å². The van der Waals surface area contributed by atoms with Gasteiger partial charge in [-0.2, -0.15) is 0 Å². The minimum absolute atomic E-state index is 0.163. The summed E-state index contributed by atoms with van der Waals surface area (Å²) in [6, 6.07) is 17.0. The van der Waals surface area contributed by atoms with E-state index in [1.165, 1.54) is 134 Å². The second-order valence-electron chi connectivity index (χ2n) is 13.4. The molecule has 0 bridgehead atoms. The Hall–Kier alpha value is -0.900. The highest BCUT2D eigenvalue weighted by Gasteiger charge is 2.37.